The number of hydrogen-bond donors (Lipinski definition) is 2. The van der Waals surface area contributed by atoms with Gasteiger partial charge in [-0.3, -0.25) is 15.6 Å². The molecule has 32 heavy (non-hydrogen) atoms. The second-order valence-electron chi connectivity index (χ2n) is 7.78. The molecular weight excluding hydrogens is 450 g/mol. The van der Waals surface area contributed by atoms with E-state index in [1.165, 1.54) is 28.0 Å². The van der Waals surface area contributed by atoms with Crippen LogP contribution in [0.25, 0.3) is 0 Å². The molecule has 6 nitrogen and oxygen atoms in total. The zero-order valence-electron chi connectivity index (χ0n) is 16.6. The number of halogens is 5. The van der Waals surface area contributed by atoms with Gasteiger partial charge in [-0.2, -0.15) is 13.2 Å². The lowest BCUT2D eigenvalue weighted by molar-refractivity contribution is -0.137. The second kappa shape index (κ2) is 8.16. The number of aromatic nitrogens is 1. The number of alkyl halides is 3. The fraction of sp³-hybridized carbons (Fsp3) is 0.333. The van der Waals surface area contributed by atoms with E-state index in [1.54, 1.807) is 0 Å². The Hall–Kier alpha value is -3.01. The van der Waals surface area contributed by atoms with Crippen LogP contribution in [0.15, 0.2) is 36.5 Å². The highest BCUT2D eigenvalue weighted by atomic mass is 35.5. The van der Waals surface area contributed by atoms with Crippen LogP contribution >= 0.6 is 11.6 Å². The topological polar surface area (TPSA) is 84.1 Å². The number of carbonyl (C=O) groups is 1. The molecule has 0 bridgehead atoms. The SMILES string of the molecule is N=C1C(=O)N(Cc2cccc(C(F)(F)F)c2Cl)C(C2CC2)CN1C(=N)c1ccc(F)cn1. The van der Waals surface area contributed by atoms with Crippen LogP contribution in [0.4, 0.5) is 17.6 Å². The number of piperazine rings is 1. The van der Waals surface area contributed by atoms with Crippen molar-refractivity contribution in [1.29, 1.82) is 10.8 Å². The average molecular weight is 468 g/mol. The molecule has 1 aromatic carbocycles. The summed E-state index contributed by atoms with van der Waals surface area (Å²) in [5.41, 5.74) is -0.741. The van der Waals surface area contributed by atoms with Crippen LogP contribution in [0, 0.1) is 22.6 Å². The molecule has 0 spiro atoms. The molecule has 2 heterocycles. The summed E-state index contributed by atoms with van der Waals surface area (Å²) in [7, 11) is 0. The van der Waals surface area contributed by atoms with Crippen molar-refractivity contribution in [3.63, 3.8) is 0 Å². The molecular formula is C21H18ClF4N5O. The molecule has 1 aliphatic heterocycles. The molecule has 1 aliphatic carbocycles. The molecule has 2 aliphatic rings. The van der Waals surface area contributed by atoms with Crippen LogP contribution in [-0.4, -0.2) is 44.9 Å². The lowest BCUT2D eigenvalue weighted by Gasteiger charge is -2.42. The summed E-state index contributed by atoms with van der Waals surface area (Å²) < 4.78 is 52.9. The van der Waals surface area contributed by atoms with Gasteiger partial charge in [-0.05, 0) is 42.5 Å². The Labute approximate surface area is 185 Å². The fourth-order valence-electron chi connectivity index (χ4n) is 3.81. The third kappa shape index (κ3) is 4.19. The summed E-state index contributed by atoms with van der Waals surface area (Å²) in [6.45, 7) is -0.0647. The van der Waals surface area contributed by atoms with Crippen molar-refractivity contribution >= 4 is 29.2 Å². The number of nitrogens with zero attached hydrogens (tertiary/aromatic N) is 3. The number of pyridine rings is 1. The largest absolute Gasteiger partial charge is 0.417 e. The van der Waals surface area contributed by atoms with Crippen molar-refractivity contribution in [3.8, 4) is 0 Å². The number of hydrogen-bond acceptors (Lipinski definition) is 4. The number of benzene rings is 1. The quantitative estimate of drug-likeness (QED) is 0.399. The minimum Gasteiger partial charge on any atom is -0.327 e. The minimum absolute atomic E-state index is 0.105. The van der Waals surface area contributed by atoms with Crippen LogP contribution in [0.3, 0.4) is 0 Å². The van der Waals surface area contributed by atoms with Gasteiger partial charge in [-0.25, -0.2) is 9.37 Å². The van der Waals surface area contributed by atoms with E-state index in [-0.39, 0.29) is 36.1 Å². The maximum atomic E-state index is 13.2. The Morgan fingerprint density at radius 1 is 1.22 bits per heavy atom. The van der Waals surface area contributed by atoms with Gasteiger partial charge in [0.1, 0.15) is 11.5 Å². The summed E-state index contributed by atoms with van der Waals surface area (Å²) in [5, 5.41) is 16.2. The van der Waals surface area contributed by atoms with E-state index in [4.69, 9.17) is 22.4 Å². The molecule has 0 radical (unpaired) electrons. The predicted molar refractivity (Wildman–Crippen MR) is 109 cm³/mol. The van der Waals surface area contributed by atoms with Gasteiger partial charge in [0, 0.05) is 13.1 Å². The van der Waals surface area contributed by atoms with Gasteiger partial charge >= 0.3 is 6.18 Å². The van der Waals surface area contributed by atoms with Gasteiger partial charge in [0.15, 0.2) is 11.7 Å². The van der Waals surface area contributed by atoms with Crippen molar-refractivity contribution in [2.75, 3.05) is 6.54 Å². The smallest absolute Gasteiger partial charge is 0.327 e. The number of amidine groups is 2. The van der Waals surface area contributed by atoms with Crippen molar-refractivity contribution < 1.29 is 22.4 Å². The summed E-state index contributed by atoms with van der Waals surface area (Å²) in [6.07, 6.45) is -2.03. The molecule has 4 rings (SSSR count). The van der Waals surface area contributed by atoms with Crippen molar-refractivity contribution in [2.45, 2.75) is 31.6 Å². The van der Waals surface area contributed by atoms with Gasteiger partial charge in [0.2, 0.25) is 0 Å². The summed E-state index contributed by atoms with van der Waals surface area (Å²) in [5.74, 6) is -1.90. The molecule has 1 amide bonds. The number of nitrogens with one attached hydrogen (secondary N) is 2. The van der Waals surface area contributed by atoms with E-state index in [9.17, 15) is 22.4 Å². The van der Waals surface area contributed by atoms with Crippen molar-refractivity contribution in [2.24, 2.45) is 5.92 Å². The first-order chi connectivity index (χ1) is 15.1. The van der Waals surface area contributed by atoms with Crippen LogP contribution < -0.4 is 0 Å². The first kappa shape index (κ1) is 22.2. The second-order valence-corrected chi connectivity index (χ2v) is 8.16. The molecule has 1 saturated heterocycles. The predicted octanol–water partition coefficient (Wildman–Crippen LogP) is 4.32. The van der Waals surface area contributed by atoms with Crippen LogP contribution in [0.5, 0.6) is 0 Å². The number of rotatable bonds is 4. The molecule has 2 aromatic rings. The van der Waals surface area contributed by atoms with Gasteiger partial charge in [0.05, 0.1) is 22.8 Å². The van der Waals surface area contributed by atoms with Gasteiger partial charge < -0.3 is 9.80 Å². The normalized spacial score (nSPS) is 19.5. The Kier molecular flexibility index (Phi) is 5.66. The molecule has 2 N–H and O–H groups in total. The maximum Gasteiger partial charge on any atom is 0.417 e. The van der Waals surface area contributed by atoms with E-state index >= 15 is 0 Å². The summed E-state index contributed by atoms with van der Waals surface area (Å²) >= 11 is 6.02. The lowest BCUT2D eigenvalue weighted by Crippen LogP contribution is -2.61. The zero-order valence-corrected chi connectivity index (χ0v) is 17.3. The standard InChI is InChI=1S/C21H18ClF4N5O/c22-17-12(2-1-3-14(17)21(24,25)26)9-30-16(11-4-5-11)10-31(19(28)20(30)32)18(27)15-7-6-13(23)8-29-15/h1-3,6-8,11,16,27-28H,4-5,9-10H2. The Morgan fingerprint density at radius 2 is 1.94 bits per heavy atom. The van der Waals surface area contributed by atoms with Gasteiger partial charge in [0.25, 0.3) is 5.91 Å². The first-order valence-corrected chi connectivity index (χ1v) is 10.2. The van der Waals surface area contributed by atoms with E-state index in [2.05, 4.69) is 4.98 Å². The maximum absolute atomic E-state index is 13.2. The number of carbonyl (C=O) groups excluding carboxylic acids is 1. The molecule has 1 saturated carbocycles. The zero-order chi connectivity index (χ0) is 23.2. The summed E-state index contributed by atoms with van der Waals surface area (Å²) in [4.78, 5) is 19.5. The first-order valence-electron chi connectivity index (χ1n) is 9.80. The van der Waals surface area contributed by atoms with Crippen LogP contribution in [0.2, 0.25) is 5.02 Å². The van der Waals surface area contributed by atoms with E-state index in [0.29, 0.717) is 0 Å². The minimum atomic E-state index is -4.63. The summed E-state index contributed by atoms with van der Waals surface area (Å²) in [6, 6.07) is 5.54. The monoisotopic (exact) mass is 467 g/mol. The molecule has 2 fully saturated rings. The Morgan fingerprint density at radius 3 is 2.53 bits per heavy atom. The third-order valence-corrected chi connectivity index (χ3v) is 6.08. The van der Waals surface area contributed by atoms with E-state index < -0.39 is 40.4 Å². The molecule has 1 aromatic heterocycles. The average Bonchev–Trinajstić information content (AvgIpc) is 3.57. The van der Waals surface area contributed by atoms with Crippen LogP contribution in [-0.2, 0) is 17.5 Å². The fourth-order valence-corrected chi connectivity index (χ4v) is 4.11. The molecule has 11 heteroatoms. The van der Waals surface area contributed by atoms with Crippen molar-refractivity contribution in [1.82, 2.24) is 14.8 Å². The van der Waals surface area contributed by atoms with Gasteiger partial charge in [-0.1, -0.05) is 23.7 Å². The van der Waals surface area contributed by atoms with E-state index in [0.717, 1.165) is 31.2 Å². The molecule has 1 unspecified atom stereocenters. The highest BCUT2D eigenvalue weighted by molar-refractivity contribution is 6.40. The Balaban J connectivity index is 1.62. The van der Waals surface area contributed by atoms with Crippen LogP contribution in [0.1, 0.15) is 29.7 Å². The molecule has 1 atom stereocenters. The Bertz CT molecular complexity index is 1080. The van der Waals surface area contributed by atoms with E-state index in [1.807, 2.05) is 0 Å². The van der Waals surface area contributed by atoms with Gasteiger partial charge in [-0.15, -0.1) is 0 Å². The molecule has 168 valence electrons. The third-order valence-electron chi connectivity index (χ3n) is 5.63. The van der Waals surface area contributed by atoms with Crippen molar-refractivity contribution in [3.05, 3.63) is 64.2 Å². The lowest BCUT2D eigenvalue weighted by atomic mass is 10.0. The highest BCUT2D eigenvalue weighted by Gasteiger charge is 2.46. The number of amides is 1. The highest BCUT2D eigenvalue weighted by Crippen LogP contribution is 2.40.